The van der Waals surface area contributed by atoms with Crippen molar-refractivity contribution < 1.29 is 9.18 Å². The van der Waals surface area contributed by atoms with Crippen LogP contribution in [0, 0.1) is 5.82 Å². The van der Waals surface area contributed by atoms with Gasteiger partial charge >= 0.3 is 0 Å². The molecular formula is C12H8FN5O. The summed E-state index contributed by atoms with van der Waals surface area (Å²) in [4.78, 5) is 19.5. The van der Waals surface area contributed by atoms with E-state index in [4.69, 9.17) is 0 Å². The Hall–Kier alpha value is -2.83. The van der Waals surface area contributed by atoms with Gasteiger partial charge < -0.3 is 5.32 Å². The van der Waals surface area contributed by atoms with Crippen molar-refractivity contribution in [2.24, 2.45) is 0 Å². The molecule has 0 atom stereocenters. The van der Waals surface area contributed by atoms with E-state index in [9.17, 15) is 9.18 Å². The molecule has 0 unspecified atom stereocenters. The Morgan fingerprint density at radius 2 is 2.21 bits per heavy atom. The van der Waals surface area contributed by atoms with Crippen molar-refractivity contribution in [3.63, 3.8) is 0 Å². The standard InChI is InChI=1S/C12H8FN5O/c13-7-1-2-9-8(5-7)11(18-17-9)16-12(19)10-6-14-3-4-15-10/h1-6H,(H2,16,17,18,19). The van der Waals surface area contributed by atoms with Gasteiger partial charge in [0.2, 0.25) is 0 Å². The van der Waals surface area contributed by atoms with Gasteiger partial charge in [0.25, 0.3) is 5.91 Å². The summed E-state index contributed by atoms with van der Waals surface area (Å²) in [5.74, 6) is -0.597. The molecular weight excluding hydrogens is 249 g/mol. The third-order valence-electron chi connectivity index (χ3n) is 2.55. The highest BCUT2D eigenvalue weighted by Crippen LogP contribution is 2.21. The van der Waals surface area contributed by atoms with E-state index in [1.807, 2.05) is 0 Å². The van der Waals surface area contributed by atoms with Crippen LogP contribution in [-0.2, 0) is 0 Å². The van der Waals surface area contributed by atoms with Gasteiger partial charge in [0, 0.05) is 17.8 Å². The minimum Gasteiger partial charge on any atom is -0.303 e. The van der Waals surface area contributed by atoms with Crippen LogP contribution >= 0.6 is 0 Å². The van der Waals surface area contributed by atoms with Gasteiger partial charge in [-0.25, -0.2) is 9.37 Å². The van der Waals surface area contributed by atoms with E-state index >= 15 is 0 Å². The summed E-state index contributed by atoms with van der Waals surface area (Å²) in [6, 6.07) is 4.16. The van der Waals surface area contributed by atoms with E-state index in [1.165, 1.54) is 30.7 Å². The molecule has 1 aromatic carbocycles. The lowest BCUT2D eigenvalue weighted by molar-refractivity contribution is 0.102. The number of anilines is 1. The average Bonchev–Trinajstić information content (AvgIpc) is 2.82. The molecule has 3 aromatic rings. The van der Waals surface area contributed by atoms with Gasteiger partial charge in [0.05, 0.1) is 11.7 Å². The van der Waals surface area contributed by atoms with Crippen molar-refractivity contribution in [2.45, 2.75) is 0 Å². The second-order valence-electron chi connectivity index (χ2n) is 3.81. The van der Waals surface area contributed by atoms with E-state index < -0.39 is 11.7 Å². The predicted molar refractivity (Wildman–Crippen MR) is 66.0 cm³/mol. The lowest BCUT2D eigenvalue weighted by Crippen LogP contribution is -2.14. The molecule has 94 valence electrons. The summed E-state index contributed by atoms with van der Waals surface area (Å²) >= 11 is 0. The van der Waals surface area contributed by atoms with Crippen molar-refractivity contribution in [3.8, 4) is 0 Å². The third-order valence-corrected chi connectivity index (χ3v) is 2.55. The van der Waals surface area contributed by atoms with Gasteiger partial charge in [0.1, 0.15) is 11.5 Å². The molecule has 7 heteroatoms. The van der Waals surface area contributed by atoms with E-state index in [-0.39, 0.29) is 11.5 Å². The number of nitrogens with one attached hydrogen (secondary N) is 2. The Morgan fingerprint density at radius 3 is 3.00 bits per heavy atom. The molecule has 0 saturated carbocycles. The maximum atomic E-state index is 13.2. The SMILES string of the molecule is O=C(Nc1n[nH]c2ccc(F)cc12)c1cnccn1. The number of aromatic amines is 1. The molecule has 0 radical (unpaired) electrons. The maximum absolute atomic E-state index is 13.2. The van der Waals surface area contributed by atoms with Gasteiger partial charge in [0.15, 0.2) is 5.82 Å². The summed E-state index contributed by atoms with van der Waals surface area (Å²) in [6.45, 7) is 0. The minimum atomic E-state index is -0.453. The normalized spacial score (nSPS) is 10.6. The number of aromatic nitrogens is 4. The Balaban J connectivity index is 1.94. The van der Waals surface area contributed by atoms with Crippen molar-refractivity contribution >= 4 is 22.6 Å². The first-order valence-corrected chi connectivity index (χ1v) is 5.45. The topological polar surface area (TPSA) is 83.6 Å². The molecule has 2 N–H and O–H groups in total. The van der Waals surface area contributed by atoms with Crippen LogP contribution in [0.15, 0.2) is 36.8 Å². The van der Waals surface area contributed by atoms with Crippen LogP contribution in [0.5, 0.6) is 0 Å². The average molecular weight is 257 g/mol. The van der Waals surface area contributed by atoms with Crippen LogP contribution in [0.2, 0.25) is 0 Å². The number of nitrogens with zero attached hydrogens (tertiary/aromatic N) is 3. The van der Waals surface area contributed by atoms with E-state index in [0.29, 0.717) is 10.9 Å². The fourth-order valence-electron chi connectivity index (χ4n) is 1.67. The van der Waals surface area contributed by atoms with Crippen molar-refractivity contribution in [3.05, 3.63) is 48.3 Å². The molecule has 19 heavy (non-hydrogen) atoms. The number of fused-ring (bicyclic) bond motifs is 1. The number of H-pyrrole nitrogens is 1. The first kappa shape index (κ1) is 11.3. The smallest absolute Gasteiger partial charge is 0.277 e. The van der Waals surface area contributed by atoms with Gasteiger partial charge in [-0.2, -0.15) is 5.10 Å². The fraction of sp³-hybridized carbons (Fsp3) is 0. The highest BCUT2D eigenvalue weighted by molar-refractivity contribution is 6.06. The van der Waals surface area contributed by atoms with Crippen molar-refractivity contribution in [1.29, 1.82) is 0 Å². The summed E-state index contributed by atoms with van der Waals surface area (Å²) in [5.41, 5.74) is 0.797. The minimum absolute atomic E-state index is 0.162. The first-order valence-electron chi connectivity index (χ1n) is 5.45. The molecule has 2 heterocycles. The number of halogens is 1. The Morgan fingerprint density at radius 1 is 1.32 bits per heavy atom. The zero-order valence-electron chi connectivity index (χ0n) is 9.59. The van der Waals surface area contributed by atoms with E-state index in [1.54, 1.807) is 6.07 Å². The van der Waals surface area contributed by atoms with Gasteiger partial charge in [-0.3, -0.25) is 14.9 Å². The molecule has 0 aliphatic carbocycles. The van der Waals surface area contributed by atoms with Crippen LogP contribution in [0.3, 0.4) is 0 Å². The van der Waals surface area contributed by atoms with Crippen LogP contribution < -0.4 is 5.32 Å². The largest absolute Gasteiger partial charge is 0.303 e. The van der Waals surface area contributed by atoms with Gasteiger partial charge in [-0.05, 0) is 18.2 Å². The highest BCUT2D eigenvalue weighted by Gasteiger charge is 2.12. The number of benzene rings is 1. The van der Waals surface area contributed by atoms with Gasteiger partial charge in [-0.15, -0.1) is 0 Å². The Kier molecular flexibility index (Phi) is 2.64. The molecule has 0 fully saturated rings. The highest BCUT2D eigenvalue weighted by atomic mass is 19.1. The van der Waals surface area contributed by atoms with Crippen molar-refractivity contribution in [2.75, 3.05) is 5.32 Å². The predicted octanol–water partition coefficient (Wildman–Crippen LogP) is 1.74. The van der Waals surface area contributed by atoms with Crippen LogP contribution in [-0.4, -0.2) is 26.1 Å². The number of hydrogen-bond donors (Lipinski definition) is 2. The molecule has 0 saturated heterocycles. The van der Waals surface area contributed by atoms with Gasteiger partial charge in [-0.1, -0.05) is 0 Å². The molecule has 0 spiro atoms. The zero-order chi connectivity index (χ0) is 13.2. The molecule has 0 aliphatic rings. The number of carbonyl (C=O) groups is 1. The second kappa shape index (κ2) is 4.45. The molecule has 2 aromatic heterocycles. The number of carbonyl (C=O) groups excluding carboxylic acids is 1. The number of rotatable bonds is 2. The maximum Gasteiger partial charge on any atom is 0.277 e. The summed E-state index contributed by atoms with van der Waals surface area (Å²) in [5, 5.41) is 9.69. The lowest BCUT2D eigenvalue weighted by atomic mass is 10.2. The molecule has 0 aliphatic heterocycles. The van der Waals surface area contributed by atoms with Crippen molar-refractivity contribution in [1.82, 2.24) is 20.2 Å². The summed E-state index contributed by atoms with van der Waals surface area (Å²) in [6.07, 6.45) is 4.22. The zero-order valence-corrected chi connectivity index (χ0v) is 9.59. The van der Waals surface area contributed by atoms with E-state index in [0.717, 1.165) is 0 Å². The molecule has 1 amide bonds. The molecule has 6 nitrogen and oxygen atoms in total. The fourth-order valence-corrected chi connectivity index (χ4v) is 1.67. The summed E-state index contributed by atoms with van der Waals surface area (Å²) in [7, 11) is 0. The van der Waals surface area contributed by atoms with Crippen LogP contribution in [0.4, 0.5) is 10.2 Å². The Bertz CT molecular complexity index is 740. The van der Waals surface area contributed by atoms with E-state index in [2.05, 4.69) is 25.5 Å². The van der Waals surface area contributed by atoms with Crippen LogP contribution in [0.1, 0.15) is 10.5 Å². The number of hydrogen-bond acceptors (Lipinski definition) is 4. The first-order chi connectivity index (χ1) is 9.24. The monoisotopic (exact) mass is 257 g/mol. The lowest BCUT2D eigenvalue weighted by Gasteiger charge is -2.01. The summed E-state index contributed by atoms with van der Waals surface area (Å²) < 4.78 is 13.2. The molecule has 0 bridgehead atoms. The second-order valence-corrected chi connectivity index (χ2v) is 3.81. The number of amides is 1. The van der Waals surface area contributed by atoms with Crippen LogP contribution in [0.25, 0.3) is 10.9 Å². The quantitative estimate of drug-likeness (QED) is 0.732. The third kappa shape index (κ3) is 2.13. The molecule has 3 rings (SSSR count). The Labute approximate surface area is 106 Å².